The van der Waals surface area contributed by atoms with Crippen LogP contribution < -0.4 is 0 Å². The van der Waals surface area contributed by atoms with Gasteiger partial charge < -0.3 is 14.4 Å². The highest BCUT2D eigenvalue weighted by molar-refractivity contribution is 7.14. The monoisotopic (exact) mass is 436 g/mol. The van der Waals surface area contributed by atoms with E-state index >= 15 is 0 Å². The number of carbonyl (C=O) groups is 2. The van der Waals surface area contributed by atoms with Gasteiger partial charge >= 0.3 is 0 Å². The van der Waals surface area contributed by atoms with Crippen molar-refractivity contribution in [3.63, 3.8) is 0 Å². The maximum atomic E-state index is 13.5. The first-order valence-corrected chi connectivity index (χ1v) is 10.9. The number of benzene rings is 1. The van der Waals surface area contributed by atoms with Crippen LogP contribution in [0, 0.1) is 13.8 Å². The lowest BCUT2D eigenvalue weighted by molar-refractivity contribution is -0.130. The Morgan fingerprint density at radius 3 is 2.48 bits per heavy atom. The molecule has 0 aliphatic carbocycles. The van der Waals surface area contributed by atoms with Crippen LogP contribution in [0.25, 0.3) is 0 Å². The fourth-order valence-corrected chi connectivity index (χ4v) is 4.77. The second-order valence-corrected chi connectivity index (χ2v) is 9.18. The topological polar surface area (TPSA) is 83.6 Å². The van der Waals surface area contributed by atoms with Crippen molar-refractivity contribution in [1.82, 2.24) is 9.88 Å². The Morgan fingerprint density at radius 2 is 1.94 bits per heavy atom. The van der Waals surface area contributed by atoms with Gasteiger partial charge in [0.15, 0.2) is 5.76 Å². The van der Waals surface area contributed by atoms with Gasteiger partial charge in [-0.05, 0) is 43.0 Å². The zero-order valence-corrected chi connectivity index (χ0v) is 18.7. The lowest BCUT2D eigenvalue weighted by atomic mass is 9.93. The third-order valence-corrected chi connectivity index (χ3v) is 6.55. The summed E-state index contributed by atoms with van der Waals surface area (Å²) in [4.78, 5) is 32.8. The van der Waals surface area contributed by atoms with E-state index in [4.69, 9.17) is 4.42 Å². The van der Waals surface area contributed by atoms with Crippen molar-refractivity contribution in [2.24, 2.45) is 0 Å². The molecule has 7 heteroatoms. The molecule has 0 unspecified atom stereocenters. The van der Waals surface area contributed by atoms with Crippen molar-refractivity contribution in [1.29, 1.82) is 0 Å². The van der Waals surface area contributed by atoms with Crippen molar-refractivity contribution < 1.29 is 19.1 Å². The number of ketones is 1. The van der Waals surface area contributed by atoms with Crippen molar-refractivity contribution in [2.75, 3.05) is 0 Å². The SMILES string of the molecule is Cc1nc(C)c(C(=O)C2=C(O)C(=O)N(Cc3ccco3)[C@H]2c2ccc(C(C)C)cc2)s1. The molecule has 3 heterocycles. The molecule has 3 aromatic rings. The van der Waals surface area contributed by atoms with E-state index in [0.717, 1.165) is 16.1 Å². The normalized spacial score (nSPS) is 16.6. The number of amides is 1. The highest BCUT2D eigenvalue weighted by Gasteiger charge is 2.44. The fourth-order valence-electron chi connectivity index (χ4n) is 3.89. The average Bonchev–Trinajstić information content (AvgIpc) is 3.43. The number of aromatic nitrogens is 1. The smallest absolute Gasteiger partial charge is 0.290 e. The molecule has 1 atom stereocenters. The van der Waals surface area contributed by atoms with Crippen LogP contribution in [-0.2, 0) is 11.3 Å². The molecule has 0 radical (unpaired) electrons. The van der Waals surface area contributed by atoms with E-state index in [-0.39, 0.29) is 17.9 Å². The third kappa shape index (κ3) is 3.81. The van der Waals surface area contributed by atoms with E-state index in [9.17, 15) is 14.7 Å². The summed E-state index contributed by atoms with van der Waals surface area (Å²) in [6.45, 7) is 7.94. The van der Waals surface area contributed by atoms with E-state index in [0.29, 0.717) is 22.2 Å². The lowest BCUT2D eigenvalue weighted by Crippen LogP contribution is -2.30. The van der Waals surface area contributed by atoms with Crippen molar-refractivity contribution in [3.8, 4) is 0 Å². The van der Waals surface area contributed by atoms with Crippen LogP contribution in [0.5, 0.6) is 0 Å². The second-order valence-electron chi connectivity index (χ2n) is 7.98. The minimum Gasteiger partial charge on any atom is -0.503 e. The summed E-state index contributed by atoms with van der Waals surface area (Å²) < 4.78 is 5.43. The molecular formula is C24H24N2O4S. The molecule has 6 nitrogen and oxygen atoms in total. The molecule has 1 aromatic carbocycles. The highest BCUT2D eigenvalue weighted by atomic mass is 32.1. The standard InChI is InChI=1S/C24H24N2O4S/c1-13(2)16-7-9-17(10-8-16)20-19(21(27)23-14(3)25-15(4)31-23)22(28)24(29)26(20)12-18-6-5-11-30-18/h5-11,13,20,28H,12H2,1-4H3/t20-/m0/s1. The third-order valence-electron chi connectivity index (χ3n) is 5.48. The number of aryl methyl sites for hydroxylation is 2. The van der Waals surface area contributed by atoms with Gasteiger partial charge in [0, 0.05) is 0 Å². The minimum atomic E-state index is -0.715. The zero-order valence-electron chi connectivity index (χ0n) is 17.9. The lowest BCUT2D eigenvalue weighted by Gasteiger charge is -2.26. The maximum absolute atomic E-state index is 13.5. The molecule has 1 N–H and O–H groups in total. The maximum Gasteiger partial charge on any atom is 0.290 e. The number of aliphatic hydroxyl groups excluding tert-OH is 1. The summed E-state index contributed by atoms with van der Waals surface area (Å²) in [6, 6.07) is 10.6. The summed E-state index contributed by atoms with van der Waals surface area (Å²) in [6.07, 6.45) is 1.53. The van der Waals surface area contributed by atoms with Crippen LogP contribution in [0.4, 0.5) is 0 Å². The molecule has 0 bridgehead atoms. The number of Topliss-reactive ketones (excluding diaryl/α,β-unsaturated/α-hetero) is 1. The van der Waals surface area contributed by atoms with E-state index in [1.807, 2.05) is 31.2 Å². The molecule has 0 spiro atoms. The first-order valence-electron chi connectivity index (χ1n) is 10.1. The summed E-state index contributed by atoms with van der Waals surface area (Å²) in [5, 5.41) is 11.5. The largest absolute Gasteiger partial charge is 0.503 e. The van der Waals surface area contributed by atoms with E-state index in [1.165, 1.54) is 22.5 Å². The summed E-state index contributed by atoms with van der Waals surface area (Å²) in [7, 11) is 0. The van der Waals surface area contributed by atoms with Gasteiger partial charge in [-0.25, -0.2) is 4.98 Å². The molecule has 1 aliphatic rings. The van der Waals surface area contributed by atoms with Crippen LogP contribution in [0.1, 0.15) is 63.1 Å². The summed E-state index contributed by atoms with van der Waals surface area (Å²) in [5.41, 5.74) is 2.59. The molecule has 0 saturated carbocycles. The molecule has 160 valence electrons. The van der Waals surface area contributed by atoms with Gasteiger partial charge in [0.25, 0.3) is 5.91 Å². The average molecular weight is 437 g/mol. The van der Waals surface area contributed by atoms with Crippen molar-refractivity contribution >= 4 is 23.0 Å². The van der Waals surface area contributed by atoms with Gasteiger partial charge in [-0.2, -0.15) is 0 Å². The van der Waals surface area contributed by atoms with Gasteiger partial charge in [0.1, 0.15) is 5.76 Å². The zero-order chi connectivity index (χ0) is 22.3. The quantitative estimate of drug-likeness (QED) is 0.533. The number of carbonyl (C=O) groups excluding carboxylic acids is 2. The van der Waals surface area contributed by atoms with Crippen LogP contribution in [0.2, 0.25) is 0 Å². The second kappa shape index (κ2) is 8.15. The van der Waals surface area contributed by atoms with Gasteiger partial charge in [0.05, 0.1) is 40.0 Å². The first-order chi connectivity index (χ1) is 14.8. The molecule has 4 rings (SSSR count). The molecule has 0 fully saturated rings. The Labute approximate surface area is 184 Å². The van der Waals surface area contributed by atoms with Crippen molar-refractivity contribution in [2.45, 2.75) is 46.2 Å². The van der Waals surface area contributed by atoms with Gasteiger partial charge in [-0.15, -0.1) is 11.3 Å². The van der Waals surface area contributed by atoms with Gasteiger partial charge in [-0.3, -0.25) is 9.59 Å². The number of furan rings is 1. The van der Waals surface area contributed by atoms with Crippen LogP contribution >= 0.6 is 11.3 Å². The summed E-state index contributed by atoms with van der Waals surface area (Å²) in [5.74, 6) is -0.542. The van der Waals surface area contributed by atoms with Crippen molar-refractivity contribution in [3.05, 3.63) is 86.5 Å². The van der Waals surface area contributed by atoms with Crippen LogP contribution in [0.15, 0.2) is 58.4 Å². The first kappa shape index (κ1) is 21.1. The molecule has 31 heavy (non-hydrogen) atoms. The number of thiazole rings is 1. The molecule has 1 aliphatic heterocycles. The predicted octanol–water partition coefficient (Wildman–Crippen LogP) is 5.25. The van der Waals surface area contributed by atoms with Crippen LogP contribution in [-0.4, -0.2) is 26.7 Å². The molecule has 1 amide bonds. The number of nitrogens with zero attached hydrogens (tertiary/aromatic N) is 2. The predicted molar refractivity (Wildman–Crippen MR) is 118 cm³/mol. The molecule has 0 saturated heterocycles. The minimum absolute atomic E-state index is 0.0839. The van der Waals surface area contributed by atoms with E-state index in [1.54, 1.807) is 19.1 Å². The number of aliphatic hydroxyl groups is 1. The summed E-state index contributed by atoms with van der Waals surface area (Å²) >= 11 is 1.27. The van der Waals surface area contributed by atoms with Crippen LogP contribution in [0.3, 0.4) is 0 Å². The Hall–Kier alpha value is -3.19. The Kier molecular flexibility index (Phi) is 5.54. The molecule has 2 aromatic heterocycles. The number of hydrogen-bond acceptors (Lipinski definition) is 6. The Balaban J connectivity index is 1.81. The fraction of sp³-hybridized carbons (Fsp3) is 0.292. The van der Waals surface area contributed by atoms with Gasteiger partial charge in [0.2, 0.25) is 5.78 Å². The highest BCUT2D eigenvalue weighted by Crippen LogP contribution is 2.41. The Bertz CT molecular complexity index is 1160. The number of rotatable bonds is 6. The van der Waals surface area contributed by atoms with E-state index < -0.39 is 17.7 Å². The number of hydrogen-bond donors (Lipinski definition) is 1. The van der Waals surface area contributed by atoms with Gasteiger partial charge in [-0.1, -0.05) is 38.1 Å². The van der Waals surface area contributed by atoms with E-state index in [2.05, 4.69) is 18.8 Å². The Morgan fingerprint density at radius 1 is 1.23 bits per heavy atom. The molecular weight excluding hydrogens is 412 g/mol.